The lowest BCUT2D eigenvalue weighted by atomic mass is 10.2. The zero-order chi connectivity index (χ0) is 13.3. The Morgan fingerprint density at radius 2 is 2.33 bits per heavy atom. The Morgan fingerprint density at radius 1 is 1.61 bits per heavy atom. The second kappa shape index (κ2) is 4.73. The number of rotatable bonds is 2. The summed E-state index contributed by atoms with van der Waals surface area (Å²) in [7, 11) is 0. The highest BCUT2D eigenvalue weighted by Gasteiger charge is 2.35. The summed E-state index contributed by atoms with van der Waals surface area (Å²) in [5.41, 5.74) is -1.72. The molecule has 1 unspecified atom stereocenters. The van der Waals surface area contributed by atoms with Gasteiger partial charge in [-0.15, -0.1) is 0 Å². The van der Waals surface area contributed by atoms with Gasteiger partial charge in [-0.05, 0) is 0 Å². The summed E-state index contributed by atoms with van der Waals surface area (Å²) in [6.07, 6.45) is -1.31. The van der Waals surface area contributed by atoms with E-state index in [9.17, 15) is 14.7 Å². The van der Waals surface area contributed by atoms with Gasteiger partial charge in [-0.1, -0.05) is 0 Å². The molecular weight excluding hydrogens is 242 g/mol. The van der Waals surface area contributed by atoms with E-state index in [-0.39, 0.29) is 18.6 Å². The molecule has 2 rings (SSSR count). The van der Waals surface area contributed by atoms with Gasteiger partial charge in [-0.3, -0.25) is 14.3 Å². The van der Waals surface area contributed by atoms with Crippen molar-refractivity contribution in [3.05, 3.63) is 32.6 Å². The maximum absolute atomic E-state index is 11.6. The van der Waals surface area contributed by atoms with Crippen LogP contribution in [0.25, 0.3) is 0 Å². The minimum Gasteiger partial charge on any atom is -0.394 e. The summed E-state index contributed by atoms with van der Waals surface area (Å²) >= 11 is 0. The van der Waals surface area contributed by atoms with Crippen molar-refractivity contribution in [2.75, 3.05) is 6.61 Å². The van der Waals surface area contributed by atoms with Crippen LogP contribution in [-0.4, -0.2) is 38.6 Å². The van der Waals surface area contributed by atoms with Gasteiger partial charge < -0.3 is 14.9 Å². The Hall–Kier alpha value is -1.95. The maximum Gasteiger partial charge on any atom is 0.330 e. The lowest BCUT2D eigenvalue weighted by molar-refractivity contribution is -0.0459. The van der Waals surface area contributed by atoms with Crippen LogP contribution in [0.3, 0.4) is 0 Å². The molecule has 1 fully saturated rings. The molecule has 8 nitrogen and oxygen atoms in total. The molecule has 0 amide bonds. The van der Waals surface area contributed by atoms with Crippen LogP contribution in [0.5, 0.6) is 0 Å². The fourth-order valence-corrected chi connectivity index (χ4v) is 1.83. The largest absolute Gasteiger partial charge is 0.394 e. The molecule has 0 spiro atoms. The van der Waals surface area contributed by atoms with Gasteiger partial charge in [-0.2, -0.15) is 5.26 Å². The molecule has 1 aliphatic heterocycles. The number of hydrogen-bond donors (Lipinski definition) is 3. The highest BCUT2D eigenvalue weighted by Crippen LogP contribution is 2.27. The number of aromatic amines is 1. The maximum atomic E-state index is 11.6. The van der Waals surface area contributed by atoms with E-state index in [4.69, 9.17) is 15.1 Å². The highest BCUT2D eigenvalue weighted by atomic mass is 16.5. The topological polar surface area (TPSA) is 128 Å². The van der Waals surface area contributed by atoms with Crippen molar-refractivity contribution < 1.29 is 14.9 Å². The van der Waals surface area contributed by atoms with Gasteiger partial charge in [0.05, 0.1) is 12.7 Å². The summed E-state index contributed by atoms with van der Waals surface area (Å²) < 4.78 is 6.29. The average molecular weight is 253 g/mol. The van der Waals surface area contributed by atoms with Crippen LogP contribution in [0.4, 0.5) is 0 Å². The van der Waals surface area contributed by atoms with Crippen LogP contribution in [-0.2, 0) is 4.74 Å². The number of aromatic nitrogens is 2. The van der Waals surface area contributed by atoms with Crippen LogP contribution in [0.1, 0.15) is 18.2 Å². The molecule has 0 aromatic carbocycles. The Labute approximate surface area is 101 Å². The Bertz CT molecular complexity index is 599. The molecule has 8 heteroatoms. The first-order valence-electron chi connectivity index (χ1n) is 5.26. The van der Waals surface area contributed by atoms with Gasteiger partial charge in [0.15, 0.2) is 0 Å². The molecule has 18 heavy (non-hydrogen) atoms. The van der Waals surface area contributed by atoms with E-state index in [1.165, 1.54) is 0 Å². The third kappa shape index (κ3) is 2.06. The van der Waals surface area contributed by atoms with Crippen molar-refractivity contribution in [2.45, 2.75) is 24.9 Å². The standard InChI is InChI=1S/C10H11N3O5/c11-2-5-3-13(10(17)12-9(5)16)8-1-6(15)7(4-14)18-8/h3,6-8,14-15H,1,4H2,(H,12,16,17)/t6?,7-,8-/m0/s1. The second-order valence-electron chi connectivity index (χ2n) is 3.94. The van der Waals surface area contributed by atoms with Gasteiger partial charge in [0.2, 0.25) is 0 Å². The SMILES string of the molecule is N#Cc1cn([C@@H]2CC(O)[C@H](CO)O2)c(=O)[nH]c1=O. The van der Waals surface area contributed by atoms with E-state index < -0.39 is 29.7 Å². The van der Waals surface area contributed by atoms with Gasteiger partial charge in [0, 0.05) is 12.6 Å². The van der Waals surface area contributed by atoms with Gasteiger partial charge in [0.25, 0.3) is 5.56 Å². The van der Waals surface area contributed by atoms with Gasteiger partial charge in [0.1, 0.15) is 24.0 Å². The predicted octanol–water partition coefficient (Wildman–Crippen LogP) is -1.95. The second-order valence-corrected chi connectivity index (χ2v) is 3.94. The molecule has 0 radical (unpaired) electrons. The van der Waals surface area contributed by atoms with E-state index in [0.717, 1.165) is 10.8 Å². The van der Waals surface area contributed by atoms with Crippen LogP contribution in [0.15, 0.2) is 15.8 Å². The van der Waals surface area contributed by atoms with Crippen molar-refractivity contribution in [1.29, 1.82) is 5.26 Å². The van der Waals surface area contributed by atoms with E-state index in [0.29, 0.717) is 0 Å². The number of nitriles is 1. The normalized spacial score (nSPS) is 27.1. The van der Waals surface area contributed by atoms with Crippen LogP contribution in [0, 0.1) is 11.3 Å². The summed E-state index contributed by atoms with van der Waals surface area (Å²) in [6.45, 7) is -0.374. The number of H-pyrrole nitrogens is 1. The molecule has 1 saturated heterocycles. The lowest BCUT2D eigenvalue weighted by Crippen LogP contribution is -2.33. The van der Waals surface area contributed by atoms with E-state index in [1.54, 1.807) is 6.07 Å². The molecule has 1 aromatic heterocycles. The third-order valence-electron chi connectivity index (χ3n) is 2.78. The van der Waals surface area contributed by atoms with Crippen molar-refractivity contribution in [1.82, 2.24) is 9.55 Å². The van der Waals surface area contributed by atoms with Crippen molar-refractivity contribution in [3.63, 3.8) is 0 Å². The van der Waals surface area contributed by atoms with Crippen LogP contribution in [0.2, 0.25) is 0 Å². The zero-order valence-electron chi connectivity index (χ0n) is 9.24. The highest BCUT2D eigenvalue weighted by molar-refractivity contribution is 5.21. The first-order chi connectivity index (χ1) is 8.56. The Balaban J connectivity index is 2.39. The molecular formula is C10H11N3O5. The predicted molar refractivity (Wildman–Crippen MR) is 57.7 cm³/mol. The molecule has 3 atom stereocenters. The molecule has 0 aliphatic carbocycles. The zero-order valence-corrected chi connectivity index (χ0v) is 9.24. The fourth-order valence-electron chi connectivity index (χ4n) is 1.83. The quantitative estimate of drug-likeness (QED) is 0.562. The Morgan fingerprint density at radius 3 is 2.89 bits per heavy atom. The summed E-state index contributed by atoms with van der Waals surface area (Å²) in [6, 6.07) is 1.65. The summed E-state index contributed by atoms with van der Waals surface area (Å²) in [5, 5.41) is 27.2. The average Bonchev–Trinajstić information content (AvgIpc) is 2.70. The monoisotopic (exact) mass is 253 g/mol. The van der Waals surface area contributed by atoms with Crippen molar-refractivity contribution in [2.24, 2.45) is 0 Å². The van der Waals surface area contributed by atoms with Crippen LogP contribution >= 0.6 is 0 Å². The lowest BCUT2D eigenvalue weighted by Gasteiger charge is -2.14. The summed E-state index contributed by atoms with van der Waals surface area (Å²) in [4.78, 5) is 24.8. The number of nitrogens with one attached hydrogen (secondary N) is 1. The molecule has 0 saturated carbocycles. The number of aliphatic hydroxyl groups excluding tert-OH is 2. The minimum atomic E-state index is -0.899. The molecule has 1 aliphatic rings. The smallest absolute Gasteiger partial charge is 0.330 e. The van der Waals surface area contributed by atoms with E-state index in [1.807, 2.05) is 4.98 Å². The molecule has 1 aromatic rings. The van der Waals surface area contributed by atoms with Gasteiger partial charge in [-0.25, -0.2) is 4.79 Å². The van der Waals surface area contributed by atoms with E-state index in [2.05, 4.69) is 0 Å². The molecule has 0 bridgehead atoms. The number of hydrogen-bond acceptors (Lipinski definition) is 6. The van der Waals surface area contributed by atoms with Crippen molar-refractivity contribution in [3.8, 4) is 6.07 Å². The molecule has 3 N–H and O–H groups in total. The van der Waals surface area contributed by atoms with E-state index >= 15 is 0 Å². The molecule has 2 heterocycles. The summed E-state index contributed by atoms with van der Waals surface area (Å²) in [5.74, 6) is 0. The fraction of sp³-hybridized carbons (Fsp3) is 0.500. The minimum absolute atomic E-state index is 0.0993. The number of aliphatic hydroxyl groups is 2. The first kappa shape index (κ1) is 12.5. The van der Waals surface area contributed by atoms with Crippen LogP contribution < -0.4 is 11.2 Å². The number of nitrogens with zero attached hydrogens (tertiary/aromatic N) is 2. The first-order valence-corrected chi connectivity index (χ1v) is 5.26. The molecule has 96 valence electrons. The Kier molecular flexibility index (Phi) is 3.29. The third-order valence-corrected chi connectivity index (χ3v) is 2.78. The van der Waals surface area contributed by atoms with Gasteiger partial charge >= 0.3 is 5.69 Å². The van der Waals surface area contributed by atoms with Crippen molar-refractivity contribution >= 4 is 0 Å². The number of ether oxygens (including phenoxy) is 1.